The Balaban J connectivity index is 3.08. The van der Waals surface area contributed by atoms with Gasteiger partial charge in [0.25, 0.3) is 0 Å². The summed E-state index contributed by atoms with van der Waals surface area (Å²) < 4.78 is 5.14. The lowest BCUT2D eigenvalue weighted by molar-refractivity contribution is -0.170. The molecule has 0 rings (SSSR count). The summed E-state index contributed by atoms with van der Waals surface area (Å²) in [4.78, 5) is 5.32. The molecular weight excluding hydrogens is 156 g/mol. The molecule has 0 aromatic rings. The van der Waals surface area contributed by atoms with Crippen molar-refractivity contribution in [2.24, 2.45) is 5.73 Å². The van der Waals surface area contributed by atoms with E-state index in [2.05, 4.69) is 13.8 Å². The van der Waals surface area contributed by atoms with E-state index in [1.165, 1.54) is 0 Å². The second kappa shape index (κ2) is 7.49. The highest BCUT2D eigenvalue weighted by Crippen LogP contribution is 1.93. The number of hydrogen-bond donors (Lipinski definition) is 1. The average molecular weight is 176 g/mol. The minimum atomic E-state index is 0.402. The van der Waals surface area contributed by atoms with Gasteiger partial charge in [-0.1, -0.05) is 0 Å². The van der Waals surface area contributed by atoms with Gasteiger partial charge in [0.05, 0.1) is 19.8 Å². The highest BCUT2D eigenvalue weighted by Gasteiger charge is 2.01. The predicted molar refractivity (Wildman–Crippen MR) is 48.7 cm³/mol. The Morgan fingerprint density at radius 1 is 1.25 bits per heavy atom. The van der Waals surface area contributed by atoms with E-state index >= 15 is 0 Å². The molecule has 0 spiro atoms. The maximum atomic E-state index is 5.32. The SMILES string of the molecule is CC(C)N(C)OCCOCCN. The van der Waals surface area contributed by atoms with Crippen LogP contribution < -0.4 is 5.73 Å². The Hall–Kier alpha value is -0.160. The minimum Gasteiger partial charge on any atom is -0.378 e. The molecule has 0 fully saturated rings. The second-order valence-electron chi connectivity index (χ2n) is 2.87. The van der Waals surface area contributed by atoms with Crippen LogP contribution in [-0.2, 0) is 9.57 Å². The van der Waals surface area contributed by atoms with Gasteiger partial charge in [-0.2, -0.15) is 5.06 Å². The van der Waals surface area contributed by atoms with Gasteiger partial charge in [0.1, 0.15) is 0 Å². The molecule has 0 aromatic heterocycles. The molecule has 4 heteroatoms. The quantitative estimate of drug-likeness (QED) is 0.446. The van der Waals surface area contributed by atoms with Crippen LogP contribution in [0.15, 0.2) is 0 Å². The van der Waals surface area contributed by atoms with Crippen molar-refractivity contribution in [3.05, 3.63) is 0 Å². The molecule has 0 aliphatic rings. The molecule has 0 radical (unpaired) electrons. The fourth-order valence-electron chi connectivity index (χ4n) is 0.575. The number of nitrogens with zero attached hydrogens (tertiary/aromatic N) is 1. The van der Waals surface area contributed by atoms with Gasteiger partial charge in [0.15, 0.2) is 0 Å². The van der Waals surface area contributed by atoms with Crippen molar-refractivity contribution < 1.29 is 9.57 Å². The van der Waals surface area contributed by atoms with E-state index in [4.69, 9.17) is 15.3 Å². The third kappa shape index (κ3) is 6.54. The van der Waals surface area contributed by atoms with Gasteiger partial charge >= 0.3 is 0 Å². The van der Waals surface area contributed by atoms with Gasteiger partial charge < -0.3 is 10.5 Å². The fourth-order valence-corrected chi connectivity index (χ4v) is 0.575. The van der Waals surface area contributed by atoms with Crippen molar-refractivity contribution >= 4 is 0 Å². The highest BCUT2D eigenvalue weighted by molar-refractivity contribution is 4.43. The molecule has 0 bridgehead atoms. The maximum Gasteiger partial charge on any atom is 0.0918 e. The Labute approximate surface area is 74.6 Å². The molecule has 0 heterocycles. The van der Waals surface area contributed by atoms with Crippen molar-refractivity contribution in [1.29, 1.82) is 0 Å². The average Bonchev–Trinajstić information content (AvgIpc) is 2.03. The first-order valence-electron chi connectivity index (χ1n) is 4.32. The first-order valence-corrected chi connectivity index (χ1v) is 4.32. The van der Waals surface area contributed by atoms with Crippen LogP contribution in [0, 0.1) is 0 Å². The van der Waals surface area contributed by atoms with E-state index in [1.54, 1.807) is 0 Å². The molecule has 2 N–H and O–H groups in total. The molecule has 0 aromatic carbocycles. The zero-order valence-corrected chi connectivity index (χ0v) is 8.25. The van der Waals surface area contributed by atoms with E-state index in [0.29, 0.717) is 32.4 Å². The Morgan fingerprint density at radius 3 is 2.42 bits per heavy atom. The van der Waals surface area contributed by atoms with Gasteiger partial charge in [0, 0.05) is 19.6 Å². The standard InChI is InChI=1S/C8H20N2O2/c1-8(2)10(3)12-7-6-11-5-4-9/h8H,4-7,9H2,1-3H3. The zero-order chi connectivity index (χ0) is 9.40. The van der Waals surface area contributed by atoms with Gasteiger partial charge in [-0.25, -0.2) is 0 Å². The number of ether oxygens (including phenoxy) is 1. The second-order valence-corrected chi connectivity index (χ2v) is 2.87. The summed E-state index contributed by atoms with van der Waals surface area (Å²) in [7, 11) is 1.91. The minimum absolute atomic E-state index is 0.402. The third-order valence-electron chi connectivity index (χ3n) is 1.51. The molecule has 0 atom stereocenters. The van der Waals surface area contributed by atoms with Crippen molar-refractivity contribution in [3.63, 3.8) is 0 Å². The lowest BCUT2D eigenvalue weighted by Gasteiger charge is -2.20. The van der Waals surface area contributed by atoms with E-state index in [1.807, 2.05) is 12.1 Å². The summed E-state index contributed by atoms with van der Waals surface area (Å²) in [5.74, 6) is 0. The topological polar surface area (TPSA) is 47.7 Å². The van der Waals surface area contributed by atoms with E-state index in [-0.39, 0.29) is 0 Å². The highest BCUT2D eigenvalue weighted by atomic mass is 16.7. The molecular formula is C8H20N2O2. The summed E-state index contributed by atoms with van der Waals surface area (Å²) in [6.45, 7) is 6.51. The maximum absolute atomic E-state index is 5.32. The normalized spacial score (nSPS) is 11.5. The molecule has 0 unspecified atom stereocenters. The van der Waals surface area contributed by atoms with Crippen LogP contribution in [0.25, 0.3) is 0 Å². The lowest BCUT2D eigenvalue weighted by atomic mass is 10.4. The fraction of sp³-hybridized carbons (Fsp3) is 1.00. The molecule has 0 amide bonds. The molecule has 12 heavy (non-hydrogen) atoms. The number of hydroxylamine groups is 2. The van der Waals surface area contributed by atoms with Gasteiger partial charge in [-0.05, 0) is 13.8 Å². The van der Waals surface area contributed by atoms with Gasteiger partial charge in [-0.3, -0.25) is 4.84 Å². The summed E-state index contributed by atoms with van der Waals surface area (Å²) >= 11 is 0. The molecule has 0 aliphatic heterocycles. The molecule has 4 nitrogen and oxygen atoms in total. The van der Waals surface area contributed by atoms with Crippen molar-refractivity contribution in [3.8, 4) is 0 Å². The number of nitrogens with two attached hydrogens (primary N) is 1. The lowest BCUT2D eigenvalue weighted by Crippen LogP contribution is -2.28. The molecule has 74 valence electrons. The summed E-state index contributed by atoms with van der Waals surface area (Å²) in [6.07, 6.45) is 0. The Kier molecular flexibility index (Phi) is 7.39. The predicted octanol–water partition coefficient (Wildman–Crippen LogP) is 0.234. The van der Waals surface area contributed by atoms with Crippen molar-refractivity contribution in [2.45, 2.75) is 19.9 Å². The van der Waals surface area contributed by atoms with Crippen LogP contribution in [0.3, 0.4) is 0 Å². The summed E-state index contributed by atoms with van der Waals surface area (Å²) in [6, 6.07) is 0.402. The first kappa shape index (κ1) is 11.8. The van der Waals surface area contributed by atoms with E-state index in [9.17, 15) is 0 Å². The Morgan fingerprint density at radius 2 is 1.92 bits per heavy atom. The Bertz CT molecular complexity index is 99.1. The van der Waals surface area contributed by atoms with E-state index in [0.717, 1.165) is 0 Å². The summed E-state index contributed by atoms with van der Waals surface area (Å²) in [5.41, 5.74) is 5.24. The van der Waals surface area contributed by atoms with Crippen molar-refractivity contribution in [1.82, 2.24) is 5.06 Å². The molecule has 0 aliphatic carbocycles. The van der Waals surface area contributed by atoms with Crippen molar-refractivity contribution in [2.75, 3.05) is 33.4 Å². The van der Waals surface area contributed by atoms with Crippen LogP contribution >= 0.6 is 0 Å². The first-order chi connectivity index (χ1) is 5.68. The van der Waals surface area contributed by atoms with Crippen LogP contribution in [0.2, 0.25) is 0 Å². The van der Waals surface area contributed by atoms with E-state index < -0.39 is 0 Å². The molecule has 0 saturated carbocycles. The largest absolute Gasteiger partial charge is 0.378 e. The third-order valence-corrected chi connectivity index (χ3v) is 1.51. The number of hydrogen-bond acceptors (Lipinski definition) is 4. The van der Waals surface area contributed by atoms with Crippen LogP contribution in [0.4, 0.5) is 0 Å². The molecule has 0 saturated heterocycles. The van der Waals surface area contributed by atoms with Gasteiger partial charge in [-0.15, -0.1) is 0 Å². The summed E-state index contributed by atoms with van der Waals surface area (Å²) in [5, 5.41) is 1.81. The van der Waals surface area contributed by atoms with Crippen LogP contribution in [0.5, 0.6) is 0 Å². The zero-order valence-electron chi connectivity index (χ0n) is 8.25. The number of rotatable bonds is 7. The van der Waals surface area contributed by atoms with Gasteiger partial charge in [0.2, 0.25) is 0 Å². The van der Waals surface area contributed by atoms with Crippen LogP contribution in [-0.4, -0.2) is 44.5 Å². The van der Waals surface area contributed by atoms with Crippen LogP contribution in [0.1, 0.15) is 13.8 Å². The smallest absolute Gasteiger partial charge is 0.0918 e. The monoisotopic (exact) mass is 176 g/mol.